The van der Waals surface area contributed by atoms with Crippen LogP contribution in [0.5, 0.6) is 0 Å². The van der Waals surface area contributed by atoms with Crippen LogP contribution in [0.2, 0.25) is 0 Å². The van der Waals surface area contributed by atoms with Gasteiger partial charge in [0.15, 0.2) is 0 Å². The number of hydrogen-bond donors (Lipinski definition) is 1. The molecule has 0 amide bonds. The number of ether oxygens (including phenoxy) is 1. The zero-order valence-corrected chi connectivity index (χ0v) is 11.3. The largest absolute Gasteiger partial charge is 0.377 e. The van der Waals surface area contributed by atoms with Crippen LogP contribution < -0.4 is 5.32 Å². The normalized spacial score (nSPS) is 21.7. The van der Waals surface area contributed by atoms with Crippen molar-refractivity contribution >= 4 is 0 Å². The molecule has 0 radical (unpaired) electrons. The first-order valence-corrected chi connectivity index (χ1v) is 7.15. The van der Waals surface area contributed by atoms with E-state index >= 15 is 0 Å². The molecule has 1 aliphatic rings. The molecule has 1 N–H and O–H groups in total. The van der Waals surface area contributed by atoms with Gasteiger partial charge in [-0.05, 0) is 44.4 Å². The van der Waals surface area contributed by atoms with Crippen LogP contribution in [0.1, 0.15) is 38.3 Å². The summed E-state index contributed by atoms with van der Waals surface area (Å²) in [4.78, 5) is 4.43. The van der Waals surface area contributed by atoms with Gasteiger partial charge >= 0.3 is 0 Å². The zero-order chi connectivity index (χ0) is 12.6. The summed E-state index contributed by atoms with van der Waals surface area (Å²) in [6, 6.07) is 6.53. The number of hydrogen-bond acceptors (Lipinski definition) is 3. The third-order valence-corrected chi connectivity index (χ3v) is 3.48. The average molecular weight is 248 g/mol. The van der Waals surface area contributed by atoms with Crippen LogP contribution in [-0.2, 0) is 11.2 Å². The van der Waals surface area contributed by atoms with Crippen LogP contribution in [-0.4, -0.2) is 30.3 Å². The maximum atomic E-state index is 5.92. The highest BCUT2D eigenvalue weighted by atomic mass is 16.5. The molecule has 18 heavy (non-hydrogen) atoms. The van der Waals surface area contributed by atoms with E-state index in [1.807, 2.05) is 12.3 Å². The van der Waals surface area contributed by atoms with Crippen molar-refractivity contribution in [1.29, 1.82) is 0 Å². The topological polar surface area (TPSA) is 34.2 Å². The van der Waals surface area contributed by atoms with Gasteiger partial charge in [0.1, 0.15) is 0 Å². The van der Waals surface area contributed by atoms with Crippen molar-refractivity contribution in [3.05, 3.63) is 30.1 Å². The Morgan fingerprint density at radius 1 is 1.44 bits per heavy atom. The lowest BCUT2D eigenvalue weighted by molar-refractivity contribution is -0.00756. The molecule has 1 fully saturated rings. The second-order valence-electron chi connectivity index (χ2n) is 4.99. The van der Waals surface area contributed by atoms with E-state index in [1.54, 1.807) is 0 Å². The van der Waals surface area contributed by atoms with E-state index in [-0.39, 0.29) is 0 Å². The van der Waals surface area contributed by atoms with Gasteiger partial charge in [-0.15, -0.1) is 0 Å². The van der Waals surface area contributed by atoms with E-state index in [0.717, 1.165) is 31.7 Å². The van der Waals surface area contributed by atoms with Gasteiger partial charge in [-0.1, -0.05) is 13.0 Å². The summed E-state index contributed by atoms with van der Waals surface area (Å²) in [5.74, 6) is 0. The Morgan fingerprint density at radius 3 is 3.06 bits per heavy atom. The van der Waals surface area contributed by atoms with E-state index in [0.29, 0.717) is 12.1 Å². The fourth-order valence-corrected chi connectivity index (χ4v) is 2.49. The fourth-order valence-electron chi connectivity index (χ4n) is 2.49. The Hall–Kier alpha value is -0.930. The minimum absolute atomic E-state index is 0.354. The molecule has 1 saturated heterocycles. The van der Waals surface area contributed by atoms with E-state index < -0.39 is 0 Å². The van der Waals surface area contributed by atoms with Crippen LogP contribution in [0, 0.1) is 0 Å². The molecule has 2 rings (SSSR count). The van der Waals surface area contributed by atoms with Crippen molar-refractivity contribution in [1.82, 2.24) is 10.3 Å². The lowest BCUT2D eigenvalue weighted by atomic mass is 9.98. The molecule has 1 aromatic heterocycles. The van der Waals surface area contributed by atoms with Gasteiger partial charge < -0.3 is 10.1 Å². The summed E-state index contributed by atoms with van der Waals surface area (Å²) < 4.78 is 5.92. The van der Waals surface area contributed by atoms with E-state index in [4.69, 9.17) is 4.74 Å². The van der Waals surface area contributed by atoms with Crippen molar-refractivity contribution in [2.24, 2.45) is 0 Å². The number of nitrogens with one attached hydrogen (secondary N) is 1. The van der Waals surface area contributed by atoms with Crippen LogP contribution in [0.15, 0.2) is 24.4 Å². The summed E-state index contributed by atoms with van der Waals surface area (Å²) >= 11 is 0. The molecule has 2 atom stereocenters. The van der Waals surface area contributed by atoms with Gasteiger partial charge in [0.05, 0.1) is 6.10 Å². The van der Waals surface area contributed by atoms with Gasteiger partial charge in [-0.25, -0.2) is 0 Å². The highest BCUT2D eigenvalue weighted by molar-refractivity contribution is 5.06. The molecule has 1 aromatic rings. The quantitative estimate of drug-likeness (QED) is 0.840. The predicted molar refractivity (Wildman–Crippen MR) is 73.6 cm³/mol. The van der Waals surface area contributed by atoms with Crippen molar-refractivity contribution in [3.63, 3.8) is 0 Å². The van der Waals surface area contributed by atoms with Crippen LogP contribution in [0.3, 0.4) is 0 Å². The van der Waals surface area contributed by atoms with E-state index in [2.05, 4.69) is 29.4 Å². The summed E-state index contributed by atoms with van der Waals surface area (Å²) in [6.07, 6.45) is 8.02. The van der Waals surface area contributed by atoms with E-state index in [9.17, 15) is 0 Å². The first kappa shape index (κ1) is 13.5. The van der Waals surface area contributed by atoms with Gasteiger partial charge in [-0.2, -0.15) is 0 Å². The second-order valence-corrected chi connectivity index (χ2v) is 4.99. The summed E-state index contributed by atoms with van der Waals surface area (Å²) in [5, 5.41) is 3.62. The first-order valence-electron chi connectivity index (χ1n) is 7.15. The third kappa shape index (κ3) is 4.07. The fraction of sp³-hybridized carbons (Fsp3) is 0.667. The number of nitrogens with zero attached hydrogens (tertiary/aromatic N) is 1. The molecule has 1 aliphatic heterocycles. The van der Waals surface area contributed by atoms with Crippen molar-refractivity contribution in [2.75, 3.05) is 13.2 Å². The maximum Gasteiger partial charge on any atom is 0.0731 e. The highest BCUT2D eigenvalue weighted by Gasteiger charge is 2.24. The molecule has 2 heterocycles. The van der Waals surface area contributed by atoms with Crippen molar-refractivity contribution in [2.45, 2.75) is 51.2 Å². The minimum atomic E-state index is 0.354. The summed E-state index contributed by atoms with van der Waals surface area (Å²) in [7, 11) is 0. The SMILES string of the molecule is CCCNC(Cc1ccccn1)C1CCCCO1. The molecule has 2 unspecified atom stereocenters. The Balaban J connectivity index is 1.95. The maximum absolute atomic E-state index is 5.92. The zero-order valence-electron chi connectivity index (χ0n) is 11.3. The smallest absolute Gasteiger partial charge is 0.0731 e. The first-order chi connectivity index (χ1) is 8.90. The Kier molecular flexibility index (Phi) is 5.62. The predicted octanol–water partition coefficient (Wildman–Crippen LogP) is 2.56. The van der Waals surface area contributed by atoms with Crippen molar-refractivity contribution in [3.8, 4) is 0 Å². The molecule has 3 nitrogen and oxygen atoms in total. The van der Waals surface area contributed by atoms with Gasteiger partial charge in [0, 0.05) is 31.0 Å². The van der Waals surface area contributed by atoms with Crippen LogP contribution in [0.25, 0.3) is 0 Å². The summed E-state index contributed by atoms with van der Waals surface area (Å²) in [5.41, 5.74) is 1.15. The molecule has 0 aromatic carbocycles. The molecular formula is C15H24N2O. The standard InChI is InChI=1S/C15H24N2O/c1-2-9-17-14(15-8-4-6-11-18-15)12-13-7-3-5-10-16-13/h3,5,7,10,14-15,17H,2,4,6,8-9,11-12H2,1H3. The molecule has 0 bridgehead atoms. The second kappa shape index (κ2) is 7.49. The van der Waals surface area contributed by atoms with E-state index in [1.165, 1.54) is 19.3 Å². The molecule has 0 aliphatic carbocycles. The van der Waals surface area contributed by atoms with Gasteiger partial charge in [0.2, 0.25) is 0 Å². The number of aromatic nitrogens is 1. The number of rotatable bonds is 6. The van der Waals surface area contributed by atoms with Crippen molar-refractivity contribution < 1.29 is 4.74 Å². The minimum Gasteiger partial charge on any atom is -0.377 e. The Morgan fingerprint density at radius 2 is 2.39 bits per heavy atom. The van der Waals surface area contributed by atoms with Gasteiger partial charge in [-0.3, -0.25) is 4.98 Å². The highest BCUT2D eigenvalue weighted by Crippen LogP contribution is 2.18. The molecule has 0 saturated carbocycles. The molecule has 3 heteroatoms. The van der Waals surface area contributed by atoms with Crippen LogP contribution >= 0.6 is 0 Å². The monoisotopic (exact) mass is 248 g/mol. The Labute approximate surface area is 110 Å². The molecule has 100 valence electrons. The number of pyridine rings is 1. The lowest BCUT2D eigenvalue weighted by Gasteiger charge is -2.31. The average Bonchev–Trinajstić information content (AvgIpc) is 2.45. The van der Waals surface area contributed by atoms with Gasteiger partial charge in [0.25, 0.3) is 0 Å². The molecule has 0 spiro atoms. The Bertz CT molecular complexity index is 323. The lowest BCUT2D eigenvalue weighted by Crippen LogP contribution is -2.44. The third-order valence-electron chi connectivity index (χ3n) is 3.48. The summed E-state index contributed by atoms with van der Waals surface area (Å²) in [6.45, 7) is 4.17. The van der Waals surface area contributed by atoms with Crippen LogP contribution in [0.4, 0.5) is 0 Å². The molecular weight excluding hydrogens is 224 g/mol.